The van der Waals surface area contributed by atoms with E-state index in [9.17, 15) is 0 Å². The van der Waals surface area contributed by atoms with Crippen LogP contribution in [0.3, 0.4) is 0 Å². The Balaban J connectivity index is 2.23. The predicted octanol–water partition coefficient (Wildman–Crippen LogP) is 5.12. The van der Waals surface area contributed by atoms with Crippen molar-refractivity contribution in [3.63, 3.8) is 0 Å². The fourth-order valence-corrected chi connectivity index (χ4v) is 6.28. The lowest BCUT2D eigenvalue weighted by Crippen LogP contribution is -2.28. The van der Waals surface area contributed by atoms with Gasteiger partial charge in [-0.25, -0.2) is 0 Å². The van der Waals surface area contributed by atoms with Crippen molar-refractivity contribution in [3.8, 4) is 0 Å². The maximum atomic E-state index is 2.52. The van der Waals surface area contributed by atoms with Crippen LogP contribution >= 0.6 is 0 Å². The molecule has 4 atom stereocenters. The molecule has 0 N–H and O–H groups in total. The normalized spacial score (nSPS) is 37.5. The van der Waals surface area contributed by atoms with Crippen LogP contribution in [-0.4, -0.2) is 8.07 Å². The van der Waals surface area contributed by atoms with Crippen LogP contribution in [0.15, 0.2) is 23.3 Å². The van der Waals surface area contributed by atoms with Gasteiger partial charge < -0.3 is 0 Å². The molecule has 2 aliphatic rings. The van der Waals surface area contributed by atoms with Crippen molar-refractivity contribution in [3.05, 3.63) is 23.3 Å². The average Bonchev–Trinajstić information content (AvgIpc) is 2.48. The summed E-state index contributed by atoms with van der Waals surface area (Å²) in [5, 5.41) is 0. The smallest absolute Gasteiger partial charge is 0.0445 e. The van der Waals surface area contributed by atoms with Gasteiger partial charge in [-0.1, -0.05) is 55.9 Å². The van der Waals surface area contributed by atoms with Crippen molar-refractivity contribution in [1.82, 2.24) is 0 Å². The number of allylic oxidation sites excluding steroid dienone is 4. The Hall–Kier alpha value is -0.303. The molecule has 0 heterocycles. The van der Waals surface area contributed by atoms with Crippen molar-refractivity contribution in [1.29, 1.82) is 0 Å². The lowest BCUT2D eigenvalue weighted by atomic mass is 9.75. The molecule has 0 saturated heterocycles. The molecule has 1 fully saturated rings. The van der Waals surface area contributed by atoms with Gasteiger partial charge in [-0.2, -0.15) is 0 Å². The highest BCUT2D eigenvalue weighted by Gasteiger charge is 2.44. The van der Waals surface area contributed by atoms with Crippen LogP contribution in [0.25, 0.3) is 0 Å². The Morgan fingerprint density at radius 3 is 2.12 bits per heavy atom. The van der Waals surface area contributed by atoms with Crippen molar-refractivity contribution in [2.45, 2.75) is 52.9 Å². The van der Waals surface area contributed by atoms with E-state index < -0.39 is 8.07 Å². The van der Waals surface area contributed by atoms with Gasteiger partial charge in [-0.3, -0.25) is 0 Å². The summed E-state index contributed by atoms with van der Waals surface area (Å²) in [6.45, 7) is 14.7. The first-order chi connectivity index (χ1) is 7.79. The summed E-state index contributed by atoms with van der Waals surface area (Å²) < 4.78 is 0. The average molecular weight is 248 g/mol. The maximum Gasteiger partial charge on any atom is 0.0445 e. The van der Waals surface area contributed by atoms with Gasteiger partial charge in [0, 0.05) is 8.07 Å². The molecule has 0 aliphatic heterocycles. The van der Waals surface area contributed by atoms with Crippen LogP contribution in [0.4, 0.5) is 0 Å². The summed E-state index contributed by atoms with van der Waals surface area (Å²) >= 11 is 0. The highest BCUT2D eigenvalue weighted by molar-refractivity contribution is 6.76. The molecule has 96 valence electrons. The molecule has 0 spiro atoms. The molecule has 1 heteroatoms. The lowest BCUT2D eigenvalue weighted by molar-refractivity contribution is 0.385. The van der Waals surface area contributed by atoms with Crippen LogP contribution in [0.1, 0.15) is 27.2 Å². The Morgan fingerprint density at radius 1 is 1.06 bits per heavy atom. The molecule has 0 aromatic heterocycles. The first kappa shape index (κ1) is 13.1. The molecule has 0 bridgehead atoms. The molecule has 17 heavy (non-hydrogen) atoms. The van der Waals surface area contributed by atoms with E-state index in [0.717, 1.165) is 23.7 Å². The number of hydrogen-bond acceptors (Lipinski definition) is 0. The number of hydrogen-bond donors (Lipinski definition) is 0. The molecule has 0 aromatic rings. The SMILES string of the molecule is CC1=CC=C(C)C2C(C[Si](C)(C)C)CC(C)C12. The number of rotatable bonds is 2. The first-order valence-electron chi connectivity index (χ1n) is 7.14. The number of fused-ring (bicyclic) bond motifs is 1. The minimum absolute atomic E-state index is 0.848. The molecule has 1 saturated carbocycles. The van der Waals surface area contributed by atoms with E-state index in [2.05, 4.69) is 52.6 Å². The third kappa shape index (κ3) is 2.59. The van der Waals surface area contributed by atoms with E-state index >= 15 is 0 Å². The fourth-order valence-electron chi connectivity index (χ4n) is 4.29. The summed E-state index contributed by atoms with van der Waals surface area (Å²) in [4.78, 5) is 0. The van der Waals surface area contributed by atoms with Crippen LogP contribution < -0.4 is 0 Å². The molecule has 0 nitrogen and oxygen atoms in total. The molecule has 0 aromatic carbocycles. The van der Waals surface area contributed by atoms with E-state index in [0.29, 0.717) is 0 Å². The second-order valence-electron chi connectivity index (χ2n) is 7.61. The molecule has 4 unspecified atom stereocenters. The highest BCUT2D eigenvalue weighted by atomic mass is 28.3. The van der Waals surface area contributed by atoms with Gasteiger partial charge in [0.05, 0.1) is 0 Å². The third-order valence-corrected chi connectivity index (χ3v) is 6.47. The predicted molar refractivity (Wildman–Crippen MR) is 79.9 cm³/mol. The van der Waals surface area contributed by atoms with E-state index in [1.165, 1.54) is 12.5 Å². The zero-order chi connectivity index (χ0) is 12.8. The zero-order valence-corrected chi connectivity index (χ0v) is 13.4. The quantitative estimate of drug-likeness (QED) is 0.595. The van der Waals surface area contributed by atoms with Crippen molar-refractivity contribution >= 4 is 8.07 Å². The minimum Gasteiger partial charge on any atom is -0.0695 e. The van der Waals surface area contributed by atoms with Crippen LogP contribution in [0.5, 0.6) is 0 Å². The standard InChI is InChI=1S/C16H28Si/c1-11-7-8-12(2)16-14(10-17(4,5)6)9-13(3)15(11)16/h7-8,13-16H,9-10H2,1-6H3. The summed E-state index contributed by atoms with van der Waals surface area (Å²) in [5.41, 5.74) is 3.28. The van der Waals surface area contributed by atoms with Gasteiger partial charge in [-0.05, 0) is 43.9 Å². The first-order valence-corrected chi connectivity index (χ1v) is 10.9. The second kappa shape index (κ2) is 4.42. The summed E-state index contributed by atoms with van der Waals surface area (Å²) in [5.74, 6) is 3.56. The molecular formula is C16H28Si. The van der Waals surface area contributed by atoms with Crippen molar-refractivity contribution < 1.29 is 0 Å². The van der Waals surface area contributed by atoms with Crippen LogP contribution in [0, 0.1) is 23.7 Å². The monoisotopic (exact) mass is 248 g/mol. The molecule has 2 aliphatic carbocycles. The fraction of sp³-hybridized carbons (Fsp3) is 0.750. The Bertz CT molecular complexity index is 356. The lowest BCUT2D eigenvalue weighted by Gasteiger charge is -2.33. The topological polar surface area (TPSA) is 0 Å². The Labute approximate surface area is 108 Å². The van der Waals surface area contributed by atoms with Crippen LogP contribution in [0.2, 0.25) is 25.7 Å². The van der Waals surface area contributed by atoms with Crippen molar-refractivity contribution in [2.75, 3.05) is 0 Å². The summed E-state index contributed by atoms with van der Waals surface area (Å²) in [6, 6.07) is 1.51. The van der Waals surface area contributed by atoms with Gasteiger partial charge >= 0.3 is 0 Å². The van der Waals surface area contributed by atoms with Gasteiger partial charge in [0.15, 0.2) is 0 Å². The third-order valence-electron chi connectivity index (χ3n) is 4.72. The minimum atomic E-state index is -0.926. The van der Waals surface area contributed by atoms with Crippen LogP contribution in [-0.2, 0) is 0 Å². The van der Waals surface area contributed by atoms with Gasteiger partial charge in [0.2, 0.25) is 0 Å². The zero-order valence-electron chi connectivity index (χ0n) is 12.4. The summed E-state index contributed by atoms with van der Waals surface area (Å²) in [7, 11) is -0.926. The van der Waals surface area contributed by atoms with E-state index in [1.807, 2.05) is 0 Å². The van der Waals surface area contributed by atoms with Gasteiger partial charge in [0.25, 0.3) is 0 Å². The summed E-state index contributed by atoms with van der Waals surface area (Å²) in [6.07, 6.45) is 6.20. The van der Waals surface area contributed by atoms with Gasteiger partial charge in [-0.15, -0.1) is 0 Å². The molecule has 0 amide bonds. The highest BCUT2D eigenvalue weighted by Crippen LogP contribution is 2.52. The molecule has 2 rings (SSSR count). The van der Waals surface area contributed by atoms with Gasteiger partial charge in [0.1, 0.15) is 0 Å². The Kier molecular flexibility index (Phi) is 3.42. The van der Waals surface area contributed by atoms with E-state index in [1.54, 1.807) is 11.1 Å². The van der Waals surface area contributed by atoms with E-state index in [-0.39, 0.29) is 0 Å². The second-order valence-corrected chi connectivity index (χ2v) is 13.1. The van der Waals surface area contributed by atoms with Crippen molar-refractivity contribution in [2.24, 2.45) is 23.7 Å². The van der Waals surface area contributed by atoms with E-state index in [4.69, 9.17) is 0 Å². The Morgan fingerprint density at radius 2 is 1.59 bits per heavy atom. The maximum absolute atomic E-state index is 2.52. The molecular weight excluding hydrogens is 220 g/mol. The largest absolute Gasteiger partial charge is 0.0695 e. The molecule has 0 radical (unpaired) electrons.